The molecule has 0 bridgehead atoms. The van der Waals surface area contributed by atoms with Crippen molar-refractivity contribution < 1.29 is 108 Å². The van der Waals surface area contributed by atoms with E-state index in [1.54, 1.807) is 24.4 Å². The number of hydrogen-bond donors (Lipinski definition) is 12. The zero-order valence-corrected chi connectivity index (χ0v) is 44.1. The number of rotatable bonds is 46. The third-order valence-electron chi connectivity index (χ3n) is 13.0. The molecule has 0 saturated heterocycles. The maximum absolute atomic E-state index is 14.3. The topological polar surface area (TPSA) is 453 Å². The molecule has 28 heteroatoms. The summed E-state index contributed by atoms with van der Waals surface area (Å²) in [6.45, 7) is 0. The van der Waals surface area contributed by atoms with Crippen LogP contribution in [0, 0.1) is 5.41 Å². The zero-order chi connectivity index (χ0) is 58.2. The lowest BCUT2D eigenvalue weighted by Gasteiger charge is -2.38. The first-order valence-electron chi connectivity index (χ1n) is 24.6. The summed E-state index contributed by atoms with van der Waals surface area (Å²) in [6.07, 6.45) is -11.3. The third kappa shape index (κ3) is 31.1. The van der Waals surface area contributed by atoms with Crippen molar-refractivity contribution in [2.45, 2.75) is 189 Å². The number of Topliss-reactive ketones (excluding diaryl/α,β-unsaturated/α-hetero) is 1. The summed E-state index contributed by atoms with van der Waals surface area (Å²) >= 11 is 0. The number of carbonyl (C=O) groups excluding carboxylic acids is 4. The first-order chi connectivity index (χ1) is 36.0. The fourth-order valence-corrected chi connectivity index (χ4v) is 10.7. The van der Waals surface area contributed by atoms with E-state index in [1.807, 2.05) is 0 Å². The Morgan fingerprint density at radius 2 is 0.662 bits per heavy atom. The van der Waals surface area contributed by atoms with Gasteiger partial charge in [-0.3, -0.25) is 62.3 Å². The molecule has 77 heavy (non-hydrogen) atoms. The number of aromatic nitrogens is 1. The minimum Gasteiger partial charge on any atom is -0.481 e. The van der Waals surface area contributed by atoms with Crippen LogP contribution in [-0.2, 0) is 62.3 Å². The molecule has 0 aliphatic carbocycles. The molecule has 1 rings (SSSR count). The average Bonchev–Trinajstić information content (AvgIpc) is 3.34. The van der Waals surface area contributed by atoms with Gasteiger partial charge >= 0.3 is 53.7 Å². The molecule has 0 fully saturated rings. The van der Waals surface area contributed by atoms with Crippen LogP contribution in [-0.4, -0.2) is 151 Å². The Bertz CT molecular complexity index is 1900. The smallest absolute Gasteiger partial charge is 0.303 e. The second kappa shape index (κ2) is 34.7. The molecule has 1 heterocycles. The van der Waals surface area contributed by atoms with Gasteiger partial charge in [-0.05, 0) is 105 Å². The highest BCUT2D eigenvalue weighted by molar-refractivity contribution is 8.76. The molecule has 0 atom stereocenters. The predicted octanol–water partition coefficient (Wildman–Crippen LogP) is 4.85. The van der Waals surface area contributed by atoms with Crippen LogP contribution < -0.4 is 16.0 Å². The Balaban J connectivity index is 4.06. The highest BCUT2D eigenvalue weighted by Crippen LogP contribution is 2.41. The van der Waals surface area contributed by atoms with E-state index in [1.165, 1.54) is 21.6 Å². The summed E-state index contributed by atoms with van der Waals surface area (Å²) in [5, 5.41) is 94.8. The summed E-state index contributed by atoms with van der Waals surface area (Å²) in [5.74, 6) is -15.1. The van der Waals surface area contributed by atoms with Gasteiger partial charge in [-0.25, -0.2) is 4.98 Å². The number of carboxylic acid groups (broad SMARTS) is 9. The zero-order valence-electron chi connectivity index (χ0n) is 42.5. The van der Waals surface area contributed by atoms with Gasteiger partial charge in [0.05, 0.1) is 0 Å². The van der Waals surface area contributed by atoms with Crippen molar-refractivity contribution in [3.63, 3.8) is 0 Å². The molecule has 0 aliphatic heterocycles. The molecule has 12 N–H and O–H groups in total. The monoisotopic (exact) mass is 1130 g/mol. The molecule has 1 aromatic rings. The van der Waals surface area contributed by atoms with Crippen LogP contribution in [0.25, 0.3) is 0 Å². The Labute approximate surface area is 450 Å². The molecule has 26 nitrogen and oxygen atoms in total. The Hall–Kier alpha value is -6.84. The van der Waals surface area contributed by atoms with Gasteiger partial charge in [-0.15, -0.1) is 0 Å². The van der Waals surface area contributed by atoms with Crippen LogP contribution in [0.1, 0.15) is 167 Å². The van der Waals surface area contributed by atoms with Gasteiger partial charge in [0.25, 0.3) is 0 Å². The normalized spacial score (nSPS) is 11.7. The quantitative estimate of drug-likeness (QED) is 0.0307. The lowest BCUT2D eigenvalue weighted by molar-refractivity contribution is -0.141. The number of hydrogen-bond acceptors (Lipinski definition) is 16. The van der Waals surface area contributed by atoms with E-state index in [-0.39, 0.29) is 31.4 Å². The number of pyridine rings is 1. The number of carbonyl (C=O) groups is 13. The van der Waals surface area contributed by atoms with Crippen molar-refractivity contribution in [3.8, 4) is 0 Å². The number of ketones is 1. The third-order valence-corrected chi connectivity index (χ3v) is 15.3. The number of amides is 3. The Morgan fingerprint density at radius 1 is 0.377 bits per heavy atom. The van der Waals surface area contributed by atoms with Crippen LogP contribution in [0.3, 0.4) is 0 Å². The minimum absolute atomic E-state index is 0.140. The van der Waals surface area contributed by atoms with Gasteiger partial charge in [0.15, 0.2) is 0 Å². The molecule has 0 radical (unpaired) electrons. The molecule has 0 unspecified atom stereocenters. The summed E-state index contributed by atoms with van der Waals surface area (Å²) in [6, 6.07) is 5.15. The van der Waals surface area contributed by atoms with Crippen molar-refractivity contribution in [1.29, 1.82) is 0 Å². The Kier molecular flexibility index (Phi) is 30.8. The molecule has 430 valence electrons. The van der Waals surface area contributed by atoms with E-state index in [4.69, 9.17) is 0 Å². The fourth-order valence-electron chi connectivity index (χ4n) is 8.82. The predicted molar refractivity (Wildman–Crippen MR) is 271 cm³/mol. The van der Waals surface area contributed by atoms with Crippen LogP contribution in [0.2, 0.25) is 0 Å². The summed E-state index contributed by atoms with van der Waals surface area (Å²) in [7, 11) is 2.46. The second-order valence-electron chi connectivity index (χ2n) is 19.1. The lowest BCUT2D eigenvalue weighted by atomic mass is 9.70. The first-order valence-corrected chi connectivity index (χ1v) is 27.0. The van der Waals surface area contributed by atoms with E-state index in [2.05, 4.69) is 20.9 Å². The number of aliphatic carboxylic acids is 9. The standard InChI is InChI=1S/C49H70N4O22S2/c54-32(31-46(17-7-37(58)59,18-8-38(60)61)19-9-39(62)63)4-20-47(53-35(57)16-30-76-77-36-3-1-2-29-50-36,21-5-33(55)51-48(23-10-40(64)65,24-11-41(66)67)25-12-42(68)69)22-6-34(56)52-49(26-13-43(70)71,27-14-44(72)73)28-15-45(74)75/h1-3,29H,4-28,30-31H2,(H,51,55)(H,52,56)(H,53,57)(H,58,59)(H,60,61)(H,62,63)(H,64,65)(H,66,67)(H,68,69)(H,70,71)(H,72,73)(H,74,75). The molecule has 0 aromatic carbocycles. The molecular weight excluding hydrogens is 1060 g/mol. The fraction of sp³-hybridized carbons (Fsp3) is 0.633. The molecule has 0 aliphatic rings. The first kappa shape index (κ1) is 68.2. The maximum atomic E-state index is 14.3. The number of nitrogens with zero attached hydrogens (tertiary/aromatic N) is 1. The van der Waals surface area contributed by atoms with E-state index in [0.717, 1.165) is 0 Å². The average molecular weight is 1130 g/mol. The van der Waals surface area contributed by atoms with E-state index < -0.39 is 241 Å². The van der Waals surface area contributed by atoms with E-state index >= 15 is 0 Å². The van der Waals surface area contributed by atoms with E-state index in [0.29, 0.717) is 5.03 Å². The maximum Gasteiger partial charge on any atom is 0.303 e. The van der Waals surface area contributed by atoms with Crippen molar-refractivity contribution in [2.75, 3.05) is 5.75 Å². The second-order valence-corrected chi connectivity index (χ2v) is 21.5. The molecule has 0 spiro atoms. The van der Waals surface area contributed by atoms with Crippen LogP contribution in [0.4, 0.5) is 0 Å². The SMILES string of the molecule is O=C(O)CCC(CCC(=O)O)(CCC(=O)O)CC(=O)CCC(CCC(=O)NC(CCC(=O)O)(CCC(=O)O)CCC(=O)O)(CCC(=O)NC(CCC(=O)O)(CCC(=O)O)CCC(=O)O)NC(=O)CCSSc1ccccn1. The minimum atomic E-state index is -1.80. The van der Waals surface area contributed by atoms with Gasteiger partial charge in [0, 0.05) is 118 Å². The van der Waals surface area contributed by atoms with Crippen LogP contribution in [0.5, 0.6) is 0 Å². The van der Waals surface area contributed by atoms with Crippen LogP contribution >= 0.6 is 21.6 Å². The molecule has 3 amide bonds. The van der Waals surface area contributed by atoms with Crippen molar-refractivity contribution >= 4 is 98.8 Å². The number of nitrogens with one attached hydrogen (secondary N) is 3. The van der Waals surface area contributed by atoms with Crippen molar-refractivity contribution in [3.05, 3.63) is 24.4 Å². The van der Waals surface area contributed by atoms with Gasteiger partial charge in [-0.1, -0.05) is 16.9 Å². The summed E-state index contributed by atoms with van der Waals surface area (Å²) in [5.41, 5.74) is -6.71. The Morgan fingerprint density at radius 3 is 0.961 bits per heavy atom. The highest BCUT2D eigenvalue weighted by atomic mass is 33.1. The molecule has 0 saturated carbocycles. The summed E-state index contributed by atoms with van der Waals surface area (Å²) in [4.78, 5) is 167. The number of carboxylic acids is 9. The van der Waals surface area contributed by atoms with Crippen molar-refractivity contribution in [1.82, 2.24) is 20.9 Å². The molecular formula is C49H70N4O22S2. The van der Waals surface area contributed by atoms with Crippen LogP contribution in [0.15, 0.2) is 29.4 Å². The van der Waals surface area contributed by atoms with Crippen molar-refractivity contribution in [2.24, 2.45) is 5.41 Å². The van der Waals surface area contributed by atoms with Gasteiger partial charge in [0.2, 0.25) is 17.7 Å². The van der Waals surface area contributed by atoms with E-state index in [9.17, 15) is 108 Å². The van der Waals surface area contributed by atoms with Gasteiger partial charge in [0.1, 0.15) is 10.8 Å². The molecule has 1 aromatic heterocycles. The lowest BCUT2D eigenvalue weighted by Crippen LogP contribution is -2.53. The highest BCUT2D eigenvalue weighted by Gasteiger charge is 2.40. The van der Waals surface area contributed by atoms with Gasteiger partial charge in [-0.2, -0.15) is 0 Å². The summed E-state index contributed by atoms with van der Waals surface area (Å²) < 4.78 is 0. The van der Waals surface area contributed by atoms with Gasteiger partial charge < -0.3 is 61.9 Å². The largest absolute Gasteiger partial charge is 0.481 e.